The zero-order valence-corrected chi connectivity index (χ0v) is 12.1. The van der Waals surface area contributed by atoms with Crippen LogP contribution in [0, 0.1) is 13.8 Å². The lowest BCUT2D eigenvalue weighted by molar-refractivity contribution is 0.198. The largest absolute Gasteiger partial charge is 0.396 e. The number of aryl methyl sites for hydroxylation is 2. The lowest BCUT2D eigenvalue weighted by atomic mass is 9.93. The van der Waals surface area contributed by atoms with Gasteiger partial charge in [0, 0.05) is 19.2 Å². The van der Waals surface area contributed by atoms with E-state index in [-0.39, 0.29) is 17.5 Å². The first-order chi connectivity index (χ1) is 8.98. The van der Waals surface area contributed by atoms with E-state index in [1.807, 2.05) is 0 Å². The minimum absolute atomic E-state index is 0.0136. The average molecular weight is 288 g/mol. The quantitative estimate of drug-likeness (QED) is 0.851. The molecule has 1 N–H and O–H groups in total. The summed E-state index contributed by atoms with van der Waals surface area (Å²) in [5.41, 5.74) is 0.394. The third-order valence-electron chi connectivity index (χ3n) is 3.55. The van der Waals surface area contributed by atoms with Crippen LogP contribution in [0.3, 0.4) is 0 Å². The van der Waals surface area contributed by atoms with E-state index in [0.29, 0.717) is 24.4 Å². The van der Waals surface area contributed by atoms with Crippen molar-refractivity contribution in [3.8, 4) is 0 Å². The number of hydrogen-bond acceptors (Lipinski definition) is 5. The molecule has 6 nitrogen and oxygen atoms in total. The van der Waals surface area contributed by atoms with Crippen LogP contribution in [0.25, 0.3) is 0 Å². The lowest BCUT2D eigenvalue weighted by Gasteiger charge is -2.36. The number of nitrogens with zero attached hydrogens (tertiary/aromatic N) is 2. The van der Waals surface area contributed by atoms with E-state index in [2.05, 4.69) is 5.16 Å². The number of aliphatic hydroxyl groups excluding tert-OH is 1. The molecule has 0 saturated heterocycles. The van der Waals surface area contributed by atoms with Gasteiger partial charge in [0.2, 0.25) is 10.0 Å². The van der Waals surface area contributed by atoms with Gasteiger partial charge in [-0.25, -0.2) is 8.42 Å². The Labute approximate surface area is 113 Å². The highest BCUT2D eigenvalue weighted by Crippen LogP contribution is 2.32. The number of sulfonamides is 1. The van der Waals surface area contributed by atoms with Crippen LogP contribution in [-0.2, 0) is 10.0 Å². The number of aromatic nitrogens is 1. The maximum atomic E-state index is 12.7. The minimum atomic E-state index is -3.59. The molecule has 1 saturated carbocycles. The summed E-state index contributed by atoms with van der Waals surface area (Å²) >= 11 is 0. The van der Waals surface area contributed by atoms with Gasteiger partial charge in [-0.2, -0.15) is 4.31 Å². The molecular formula is C12H20N2O4S. The van der Waals surface area contributed by atoms with E-state index in [4.69, 9.17) is 9.63 Å². The normalized spacial score (nSPS) is 16.8. The van der Waals surface area contributed by atoms with Crippen LogP contribution in [0.2, 0.25) is 0 Å². The van der Waals surface area contributed by atoms with E-state index in [9.17, 15) is 8.42 Å². The molecule has 2 rings (SSSR count). The monoisotopic (exact) mass is 288 g/mol. The fourth-order valence-electron chi connectivity index (χ4n) is 2.36. The SMILES string of the molecule is Cc1noc(C)c1S(=O)(=O)N(CCCO)C1CCC1. The third kappa shape index (κ3) is 2.68. The summed E-state index contributed by atoms with van der Waals surface area (Å²) in [5, 5.41) is 12.7. The van der Waals surface area contributed by atoms with E-state index < -0.39 is 10.0 Å². The summed E-state index contributed by atoms with van der Waals surface area (Å²) in [4.78, 5) is 0.178. The van der Waals surface area contributed by atoms with E-state index in [1.54, 1.807) is 13.8 Å². The second-order valence-electron chi connectivity index (χ2n) is 4.93. The van der Waals surface area contributed by atoms with Gasteiger partial charge in [0.1, 0.15) is 10.6 Å². The van der Waals surface area contributed by atoms with Gasteiger partial charge in [-0.3, -0.25) is 0 Å². The van der Waals surface area contributed by atoms with Crippen molar-refractivity contribution in [2.24, 2.45) is 0 Å². The van der Waals surface area contributed by atoms with Crippen LogP contribution in [-0.4, -0.2) is 42.2 Å². The predicted octanol–water partition coefficient (Wildman–Crippen LogP) is 1.22. The molecule has 0 aromatic carbocycles. The molecule has 7 heteroatoms. The summed E-state index contributed by atoms with van der Waals surface area (Å²) < 4.78 is 31.9. The molecule has 0 aliphatic heterocycles. The van der Waals surface area contributed by atoms with Gasteiger partial charge >= 0.3 is 0 Å². The highest BCUT2D eigenvalue weighted by molar-refractivity contribution is 7.89. The van der Waals surface area contributed by atoms with Gasteiger partial charge in [0.15, 0.2) is 5.76 Å². The summed E-state index contributed by atoms with van der Waals surface area (Å²) in [6.07, 6.45) is 3.26. The molecule has 0 spiro atoms. The Bertz CT molecular complexity index is 514. The lowest BCUT2D eigenvalue weighted by Crippen LogP contribution is -2.45. The molecule has 1 aromatic rings. The number of aliphatic hydroxyl groups is 1. The molecule has 0 atom stereocenters. The van der Waals surface area contributed by atoms with Crippen molar-refractivity contribution in [1.82, 2.24) is 9.46 Å². The minimum Gasteiger partial charge on any atom is -0.396 e. The Balaban J connectivity index is 2.33. The molecule has 0 bridgehead atoms. The summed E-state index contributed by atoms with van der Waals surface area (Å²) in [5.74, 6) is 0.325. The fourth-order valence-corrected chi connectivity index (χ4v) is 4.38. The standard InChI is InChI=1S/C12H20N2O4S/c1-9-12(10(2)18-13-9)19(16,17)14(7-4-8-15)11-5-3-6-11/h11,15H,3-8H2,1-2H3. The van der Waals surface area contributed by atoms with Gasteiger partial charge in [0.25, 0.3) is 0 Å². The average Bonchev–Trinajstić information content (AvgIpc) is 2.61. The molecule has 1 aliphatic rings. The van der Waals surface area contributed by atoms with Crippen LogP contribution in [0.5, 0.6) is 0 Å². The van der Waals surface area contributed by atoms with Crippen molar-refractivity contribution in [1.29, 1.82) is 0 Å². The van der Waals surface area contributed by atoms with E-state index >= 15 is 0 Å². The Morgan fingerprint density at radius 1 is 1.42 bits per heavy atom. The third-order valence-corrected chi connectivity index (χ3v) is 5.75. The zero-order valence-electron chi connectivity index (χ0n) is 11.3. The van der Waals surface area contributed by atoms with Gasteiger partial charge in [-0.1, -0.05) is 11.6 Å². The number of rotatable bonds is 6. The fraction of sp³-hybridized carbons (Fsp3) is 0.750. The molecule has 108 valence electrons. The first-order valence-electron chi connectivity index (χ1n) is 6.54. The first-order valence-corrected chi connectivity index (χ1v) is 7.98. The second-order valence-corrected chi connectivity index (χ2v) is 6.76. The molecule has 0 unspecified atom stereocenters. The topological polar surface area (TPSA) is 83.6 Å². The predicted molar refractivity (Wildman–Crippen MR) is 69.2 cm³/mol. The molecule has 1 fully saturated rings. The van der Waals surface area contributed by atoms with Crippen molar-refractivity contribution >= 4 is 10.0 Å². The van der Waals surface area contributed by atoms with Crippen LogP contribution >= 0.6 is 0 Å². The van der Waals surface area contributed by atoms with Crippen molar-refractivity contribution in [3.05, 3.63) is 11.5 Å². The molecule has 19 heavy (non-hydrogen) atoms. The summed E-state index contributed by atoms with van der Waals surface area (Å²) in [6, 6.07) is 0.0465. The van der Waals surface area contributed by atoms with Gasteiger partial charge in [-0.05, 0) is 33.1 Å². The smallest absolute Gasteiger partial charge is 0.248 e. The van der Waals surface area contributed by atoms with E-state index in [0.717, 1.165) is 19.3 Å². The van der Waals surface area contributed by atoms with Crippen molar-refractivity contribution in [3.63, 3.8) is 0 Å². The first kappa shape index (κ1) is 14.5. The van der Waals surface area contributed by atoms with E-state index in [1.165, 1.54) is 4.31 Å². The molecule has 1 heterocycles. The Kier molecular flexibility index (Phi) is 4.27. The Morgan fingerprint density at radius 2 is 2.11 bits per heavy atom. The zero-order chi connectivity index (χ0) is 14.0. The molecule has 0 radical (unpaired) electrons. The maximum absolute atomic E-state index is 12.7. The van der Waals surface area contributed by atoms with Crippen LogP contribution in [0.1, 0.15) is 37.1 Å². The molecular weight excluding hydrogens is 268 g/mol. The maximum Gasteiger partial charge on any atom is 0.248 e. The molecule has 1 aliphatic carbocycles. The van der Waals surface area contributed by atoms with Crippen LogP contribution in [0.15, 0.2) is 9.42 Å². The van der Waals surface area contributed by atoms with Crippen LogP contribution < -0.4 is 0 Å². The van der Waals surface area contributed by atoms with Crippen LogP contribution in [0.4, 0.5) is 0 Å². The highest BCUT2D eigenvalue weighted by atomic mass is 32.2. The van der Waals surface area contributed by atoms with Crippen molar-refractivity contribution in [2.75, 3.05) is 13.2 Å². The van der Waals surface area contributed by atoms with Gasteiger partial charge in [0.05, 0.1) is 0 Å². The summed E-state index contributed by atoms with van der Waals surface area (Å²) in [7, 11) is -3.59. The second kappa shape index (κ2) is 5.60. The van der Waals surface area contributed by atoms with Gasteiger partial charge < -0.3 is 9.63 Å². The Morgan fingerprint density at radius 3 is 2.53 bits per heavy atom. The molecule has 1 aromatic heterocycles. The Hall–Kier alpha value is -0.920. The van der Waals surface area contributed by atoms with Crippen molar-refractivity contribution < 1.29 is 18.0 Å². The number of hydrogen-bond donors (Lipinski definition) is 1. The van der Waals surface area contributed by atoms with Crippen molar-refractivity contribution in [2.45, 2.75) is 50.5 Å². The molecule has 0 amide bonds. The summed E-state index contributed by atoms with van der Waals surface area (Å²) in [6.45, 7) is 3.57. The highest BCUT2D eigenvalue weighted by Gasteiger charge is 2.37. The van der Waals surface area contributed by atoms with Gasteiger partial charge in [-0.15, -0.1) is 0 Å².